The smallest absolute Gasteiger partial charge is 0.185 e. The fraction of sp³-hybridized carbons (Fsp3) is 0.571. The van der Waals surface area contributed by atoms with Crippen LogP contribution in [-0.4, -0.2) is 48.6 Å². The molecule has 2 aliphatic rings. The van der Waals surface area contributed by atoms with Gasteiger partial charge in [-0.25, -0.2) is 0 Å². The van der Waals surface area contributed by atoms with E-state index in [-0.39, 0.29) is 12.0 Å². The first-order chi connectivity index (χ1) is 9.28. The van der Waals surface area contributed by atoms with Gasteiger partial charge in [0.25, 0.3) is 0 Å². The van der Waals surface area contributed by atoms with Gasteiger partial charge in [-0.3, -0.25) is 4.90 Å². The van der Waals surface area contributed by atoms with Crippen molar-refractivity contribution in [1.82, 2.24) is 4.90 Å². The number of ether oxygens (including phenoxy) is 2. The molecule has 5 heteroatoms. The van der Waals surface area contributed by atoms with E-state index in [9.17, 15) is 5.11 Å². The largest absolute Gasteiger partial charge is 0.508 e. The van der Waals surface area contributed by atoms with Crippen molar-refractivity contribution >= 4 is 5.69 Å². The van der Waals surface area contributed by atoms with E-state index in [1.165, 1.54) is 0 Å². The molecule has 0 amide bonds. The summed E-state index contributed by atoms with van der Waals surface area (Å²) in [7, 11) is 0. The normalized spacial score (nSPS) is 24.4. The summed E-state index contributed by atoms with van der Waals surface area (Å²) < 4.78 is 11.3. The molecule has 2 heterocycles. The fourth-order valence-electron chi connectivity index (χ4n) is 2.79. The van der Waals surface area contributed by atoms with Crippen LogP contribution in [0.4, 0.5) is 5.69 Å². The van der Waals surface area contributed by atoms with Crippen molar-refractivity contribution in [2.45, 2.75) is 25.6 Å². The van der Waals surface area contributed by atoms with Crippen molar-refractivity contribution in [3.8, 4) is 11.5 Å². The Morgan fingerprint density at radius 3 is 2.95 bits per heavy atom. The predicted molar refractivity (Wildman–Crippen MR) is 72.6 cm³/mol. The van der Waals surface area contributed by atoms with Crippen molar-refractivity contribution in [2.24, 2.45) is 0 Å². The molecule has 0 aromatic heterocycles. The molecule has 0 bridgehead atoms. The van der Waals surface area contributed by atoms with E-state index in [0.29, 0.717) is 6.04 Å². The number of phenols is 1. The zero-order valence-electron chi connectivity index (χ0n) is 11.1. The second-order valence-electron chi connectivity index (χ2n) is 4.99. The lowest BCUT2D eigenvalue weighted by molar-refractivity contribution is -0.00759. The summed E-state index contributed by atoms with van der Waals surface area (Å²) in [5, 5.41) is 12.9. The van der Waals surface area contributed by atoms with Crippen LogP contribution in [0.25, 0.3) is 0 Å². The summed E-state index contributed by atoms with van der Waals surface area (Å²) in [4.78, 5) is 2.41. The van der Waals surface area contributed by atoms with Gasteiger partial charge in [-0.05, 0) is 18.6 Å². The van der Waals surface area contributed by atoms with E-state index in [4.69, 9.17) is 9.47 Å². The van der Waals surface area contributed by atoms with Gasteiger partial charge in [0.05, 0.1) is 24.9 Å². The number of anilines is 1. The van der Waals surface area contributed by atoms with E-state index in [0.717, 1.165) is 44.2 Å². The number of hydrogen-bond donors (Lipinski definition) is 2. The lowest BCUT2D eigenvalue weighted by Crippen LogP contribution is -2.51. The molecule has 19 heavy (non-hydrogen) atoms. The van der Waals surface area contributed by atoms with Gasteiger partial charge in [-0.1, -0.05) is 6.92 Å². The number of fused-ring (bicyclic) bond motifs is 1. The predicted octanol–water partition coefficient (Wildman–Crippen LogP) is 1.63. The molecular formula is C14H20N2O3. The zero-order valence-corrected chi connectivity index (χ0v) is 11.1. The molecule has 1 aromatic rings. The number of benzene rings is 1. The summed E-state index contributed by atoms with van der Waals surface area (Å²) in [5.74, 6) is 0.970. The van der Waals surface area contributed by atoms with Gasteiger partial charge in [0.2, 0.25) is 0 Å². The summed E-state index contributed by atoms with van der Waals surface area (Å²) in [6.45, 7) is 5.64. The molecule has 2 unspecified atom stereocenters. The van der Waals surface area contributed by atoms with E-state index < -0.39 is 0 Å². The van der Waals surface area contributed by atoms with Crippen molar-refractivity contribution in [3.63, 3.8) is 0 Å². The van der Waals surface area contributed by atoms with Gasteiger partial charge in [0, 0.05) is 19.2 Å². The summed E-state index contributed by atoms with van der Waals surface area (Å²) in [6.07, 6.45) is 0.956. The molecule has 1 saturated heterocycles. The van der Waals surface area contributed by atoms with Gasteiger partial charge in [-0.15, -0.1) is 0 Å². The Morgan fingerprint density at radius 1 is 1.42 bits per heavy atom. The molecular weight excluding hydrogens is 244 g/mol. The Bertz CT molecular complexity index is 446. The number of nitrogens with zero attached hydrogens (tertiary/aromatic N) is 1. The van der Waals surface area contributed by atoms with E-state index in [1.807, 2.05) is 6.07 Å². The Labute approximate surface area is 113 Å². The summed E-state index contributed by atoms with van der Waals surface area (Å²) in [5.41, 5.74) is 0.953. The molecule has 0 radical (unpaired) electrons. The molecule has 0 saturated carbocycles. The van der Waals surface area contributed by atoms with Crippen LogP contribution in [0.15, 0.2) is 18.2 Å². The van der Waals surface area contributed by atoms with Crippen LogP contribution in [-0.2, 0) is 4.74 Å². The molecule has 0 spiro atoms. The molecule has 1 fully saturated rings. The van der Waals surface area contributed by atoms with Crippen LogP contribution in [0.2, 0.25) is 0 Å². The average Bonchev–Trinajstić information content (AvgIpc) is 2.83. The highest BCUT2D eigenvalue weighted by Gasteiger charge is 2.33. The molecule has 0 aliphatic carbocycles. The van der Waals surface area contributed by atoms with Crippen molar-refractivity contribution in [2.75, 3.05) is 31.6 Å². The van der Waals surface area contributed by atoms with E-state index >= 15 is 0 Å². The molecule has 5 nitrogen and oxygen atoms in total. The number of rotatable bonds is 3. The van der Waals surface area contributed by atoms with E-state index in [1.54, 1.807) is 12.1 Å². The van der Waals surface area contributed by atoms with Crippen LogP contribution in [0, 0.1) is 0 Å². The van der Waals surface area contributed by atoms with Gasteiger partial charge in [-0.2, -0.15) is 0 Å². The lowest BCUT2D eigenvalue weighted by atomic mass is 10.1. The molecule has 2 aliphatic heterocycles. The summed E-state index contributed by atoms with van der Waals surface area (Å²) in [6, 6.07) is 5.51. The molecule has 2 N–H and O–H groups in total. The third-order valence-electron chi connectivity index (χ3n) is 3.80. The first-order valence-electron chi connectivity index (χ1n) is 6.86. The molecule has 1 aromatic carbocycles. The Balaban J connectivity index is 1.72. The standard InChI is InChI=1S/C14H20N2O3/c1-2-12(16-5-7-18-8-6-16)14-15-11-4-3-10(17)9-13(11)19-14/h3-4,9,12,14-15,17H,2,5-8H2,1H3. The molecule has 2 atom stereocenters. The minimum atomic E-state index is -0.0556. The van der Waals surface area contributed by atoms with Crippen LogP contribution < -0.4 is 10.1 Å². The number of morpholine rings is 1. The SMILES string of the molecule is CCC(C1Nc2ccc(O)cc2O1)N1CCOCC1. The van der Waals surface area contributed by atoms with Crippen LogP contribution in [0.5, 0.6) is 11.5 Å². The lowest BCUT2D eigenvalue weighted by Gasteiger charge is -2.36. The maximum Gasteiger partial charge on any atom is 0.185 e. The van der Waals surface area contributed by atoms with Gasteiger partial charge >= 0.3 is 0 Å². The van der Waals surface area contributed by atoms with Gasteiger partial charge in [0.15, 0.2) is 6.23 Å². The Kier molecular flexibility index (Phi) is 3.48. The second kappa shape index (κ2) is 5.27. The highest BCUT2D eigenvalue weighted by molar-refractivity contribution is 5.62. The maximum atomic E-state index is 9.49. The summed E-state index contributed by atoms with van der Waals surface area (Å²) >= 11 is 0. The first kappa shape index (κ1) is 12.6. The topological polar surface area (TPSA) is 54.0 Å². The molecule has 104 valence electrons. The van der Waals surface area contributed by atoms with Crippen LogP contribution in [0.1, 0.15) is 13.3 Å². The zero-order chi connectivity index (χ0) is 13.2. The monoisotopic (exact) mass is 264 g/mol. The third-order valence-corrected chi connectivity index (χ3v) is 3.80. The Morgan fingerprint density at radius 2 is 2.21 bits per heavy atom. The van der Waals surface area contributed by atoms with Crippen molar-refractivity contribution in [3.05, 3.63) is 18.2 Å². The van der Waals surface area contributed by atoms with Crippen molar-refractivity contribution < 1.29 is 14.6 Å². The highest BCUT2D eigenvalue weighted by Crippen LogP contribution is 2.36. The van der Waals surface area contributed by atoms with Gasteiger partial charge in [0.1, 0.15) is 11.5 Å². The van der Waals surface area contributed by atoms with Crippen LogP contribution in [0.3, 0.4) is 0 Å². The number of phenolic OH excluding ortho intramolecular Hbond substituents is 1. The van der Waals surface area contributed by atoms with Gasteiger partial charge < -0.3 is 19.9 Å². The third kappa shape index (κ3) is 2.48. The van der Waals surface area contributed by atoms with Crippen molar-refractivity contribution in [1.29, 1.82) is 0 Å². The minimum absolute atomic E-state index is 0.0556. The number of nitrogens with one attached hydrogen (secondary N) is 1. The highest BCUT2D eigenvalue weighted by atomic mass is 16.5. The number of aromatic hydroxyl groups is 1. The molecule has 3 rings (SSSR count). The quantitative estimate of drug-likeness (QED) is 0.813. The Hall–Kier alpha value is -1.46. The second-order valence-corrected chi connectivity index (χ2v) is 4.99. The average molecular weight is 264 g/mol. The maximum absolute atomic E-state index is 9.49. The fourth-order valence-corrected chi connectivity index (χ4v) is 2.79. The first-order valence-corrected chi connectivity index (χ1v) is 6.86. The minimum Gasteiger partial charge on any atom is -0.508 e. The number of hydrogen-bond acceptors (Lipinski definition) is 5. The van der Waals surface area contributed by atoms with Crippen LogP contribution >= 0.6 is 0 Å². The van der Waals surface area contributed by atoms with E-state index in [2.05, 4.69) is 17.1 Å².